The van der Waals surface area contributed by atoms with E-state index in [2.05, 4.69) is 72.3 Å². The third kappa shape index (κ3) is 6.20. The predicted octanol–water partition coefficient (Wildman–Crippen LogP) is 5.30. The molecule has 0 aliphatic carbocycles. The van der Waals surface area contributed by atoms with Crippen LogP contribution >= 0.6 is 11.6 Å². The van der Waals surface area contributed by atoms with Crippen LogP contribution in [0, 0.1) is 0 Å². The predicted molar refractivity (Wildman–Crippen MR) is 150 cm³/mol. The van der Waals surface area contributed by atoms with Crippen molar-refractivity contribution in [3.63, 3.8) is 0 Å². The summed E-state index contributed by atoms with van der Waals surface area (Å²) < 4.78 is 7.86. The highest BCUT2D eigenvalue weighted by Gasteiger charge is 2.26. The average Bonchev–Trinajstić information content (AvgIpc) is 3.74. The van der Waals surface area contributed by atoms with Crippen molar-refractivity contribution in [2.75, 3.05) is 13.1 Å². The van der Waals surface area contributed by atoms with Crippen molar-refractivity contribution < 1.29 is 9.53 Å². The second-order valence-corrected chi connectivity index (χ2v) is 10.3. The normalized spacial score (nSPS) is 14.5. The highest BCUT2D eigenvalue weighted by molar-refractivity contribution is 6.30. The first-order valence-electron chi connectivity index (χ1n) is 13.6. The summed E-state index contributed by atoms with van der Waals surface area (Å²) in [4.78, 5) is 19.6. The van der Waals surface area contributed by atoms with Gasteiger partial charge in [0.05, 0.1) is 5.69 Å². The van der Waals surface area contributed by atoms with Gasteiger partial charge in [-0.05, 0) is 61.2 Å². The molecule has 9 nitrogen and oxygen atoms in total. The molecule has 1 fully saturated rings. The topological polar surface area (TPSA) is 102 Å². The third-order valence-electron chi connectivity index (χ3n) is 7.36. The van der Waals surface area contributed by atoms with Gasteiger partial charge in [0.15, 0.2) is 5.15 Å². The first-order valence-corrected chi connectivity index (χ1v) is 14.0. The Morgan fingerprint density at radius 2 is 1.85 bits per heavy atom. The van der Waals surface area contributed by atoms with Gasteiger partial charge in [0.1, 0.15) is 18.5 Å². The van der Waals surface area contributed by atoms with Crippen molar-refractivity contribution in [3.8, 4) is 22.5 Å². The zero-order chi connectivity index (χ0) is 27.2. The number of likely N-dealkylation sites (tertiary alicyclic amines) is 1. The monoisotopic (exact) mass is 547 g/mol. The maximum Gasteiger partial charge on any atom is 0.323 e. The first-order chi connectivity index (χ1) is 19.0. The maximum atomic E-state index is 12.8. The number of carbonyl (C=O) groups is 1. The molecule has 1 saturated heterocycles. The number of hydrogen-bond acceptors (Lipinski definition) is 7. The highest BCUT2D eigenvalue weighted by atomic mass is 35.5. The van der Waals surface area contributed by atoms with Crippen molar-refractivity contribution >= 4 is 17.6 Å². The van der Waals surface area contributed by atoms with Crippen LogP contribution in [0.1, 0.15) is 56.6 Å². The molecule has 1 atom stereocenters. The van der Waals surface area contributed by atoms with Crippen molar-refractivity contribution in [2.45, 2.75) is 65.1 Å². The molecule has 0 amide bonds. The zero-order valence-electron chi connectivity index (χ0n) is 22.4. The number of halogens is 1. The summed E-state index contributed by atoms with van der Waals surface area (Å²) in [5, 5.41) is 14.9. The van der Waals surface area contributed by atoms with E-state index in [9.17, 15) is 4.79 Å². The smallest absolute Gasteiger partial charge is 0.323 e. The number of unbranched alkanes of at least 4 members (excludes halogenated alkanes) is 1. The molecule has 1 aliphatic rings. The quantitative estimate of drug-likeness (QED) is 0.254. The van der Waals surface area contributed by atoms with E-state index in [0.29, 0.717) is 17.5 Å². The molecule has 39 heavy (non-hydrogen) atoms. The van der Waals surface area contributed by atoms with Crippen LogP contribution in [-0.4, -0.2) is 60.2 Å². The van der Waals surface area contributed by atoms with Gasteiger partial charge in [-0.2, -0.15) is 5.21 Å². The minimum Gasteiger partial charge on any atom is -0.458 e. The van der Waals surface area contributed by atoms with Crippen molar-refractivity contribution in [2.24, 2.45) is 0 Å². The van der Waals surface area contributed by atoms with E-state index in [1.807, 2.05) is 25.1 Å². The number of H-pyrrole nitrogens is 1. The molecule has 1 unspecified atom stereocenters. The summed E-state index contributed by atoms with van der Waals surface area (Å²) in [5.41, 5.74) is 4.82. The summed E-state index contributed by atoms with van der Waals surface area (Å²) in [6.45, 7) is 6.63. The Balaban J connectivity index is 1.36. The van der Waals surface area contributed by atoms with Gasteiger partial charge in [-0.25, -0.2) is 4.98 Å². The fraction of sp³-hybridized carbons (Fsp3) is 0.414. The van der Waals surface area contributed by atoms with E-state index >= 15 is 0 Å². The summed E-state index contributed by atoms with van der Waals surface area (Å²) in [6, 6.07) is 16.1. The fourth-order valence-electron chi connectivity index (χ4n) is 5.07. The van der Waals surface area contributed by atoms with E-state index in [1.165, 1.54) is 0 Å². The minimum absolute atomic E-state index is 0.102. The number of carbonyl (C=O) groups excluding carboxylic acids is 1. The molecule has 204 valence electrons. The number of ether oxygens (including phenoxy) is 1. The molecule has 4 aromatic rings. The van der Waals surface area contributed by atoms with E-state index < -0.39 is 0 Å². The van der Waals surface area contributed by atoms with E-state index in [0.717, 1.165) is 79.0 Å². The SMILES string of the molecule is CCCCc1nc(Cl)c(COC(=O)C(C)N2CCCC2)n1Cc1ccc(-c2ccccc2-c2nn[nH]n2)cc1. The summed E-state index contributed by atoms with van der Waals surface area (Å²) >= 11 is 6.60. The van der Waals surface area contributed by atoms with Gasteiger partial charge in [0.2, 0.25) is 5.82 Å². The maximum absolute atomic E-state index is 12.8. The van der Waals surface area contributed by atoms with Gasteiger partial charge in [-0.15, -0.1) is 10.2 Å². The van der Waals surface area contributed by atoms with Crippen LogP contribution in [0.3, 0.4) is 0 Å². The Labute approximate surface area is 233 Å². The van der Waals surface area contributed by atoms with E-state index in [-0.39, 0.29) is 18.6 Å². The number of aromatic amines is 1. The molecular weight excluding hydrogens is 514 g/mol. The number of aromatic nitrogens is 6. The minimum atomic E-state index is -0.259. The lowest BCUT2D eigenvalue weighted by Gasteiger charge is -2.22. The van der Waals surface area contributed by atoms with Crippen LogP contribution in [0.15, 0.2) is 48.5 Å². The molecule has 5 rings (SSSR count). The lowest BCUT2D eigenvalue weighted by molar-refractivity contribution is -0.150. The number of esters is 1. The zero-order valence-corrected chi connectivity index (χ0v) is 23.2. The summed E-state index contributed by atoms with van der Waals surface area (Å²) in [6.07, 6.45) is 5.11. The second kappa shape index (κ2) is 12.5. The number of benzene rings is 2. The van der Waals surface area contributed by atoms with Crippen LogP contribution in [0.4, 0.5) is 0 Å². The average molecular weight is 548 g/mol. The van der Waals surface area contributed by atoms with Crippen LogP contribution < -0.4 is 0 Å². The molecule has 1 N–H and O–H groups in total. The molecule has 0 radical (unpaired) electrons. The van der Waals surface area contributed by atoms with Gasteiger partial charge >= 0.3 is 5.97 Å². The standard InChI is InChI=1S/C29H34ClN7O2/c1-3-4-11-26-31-27(30)25(19-39-29(38)20(2)36-16-7-8-17-36)37(26)18-21-12-14-22(15-13-21)23-9-5-6-10-24(23)28-32-34-35-33-28/h5-6,9-10,12-15,20H,3-4,7-8,11,16-19H2,1-2H3,(H,32,33,34,35). The fourth-order valence-corrected chi connectivity index (χ4v) is 5.33. The largest absolute Gasteiger partial charge is 0.458 e. The number of imidazole rings is 1. The van der Waals surface area contributed by atoms with Gasteiger partial charge in [0, 0.05) is 18.5 Å². The molecule has 10 heteroatoms. The second-order valence-electron chi connectivity index (χ2n) is 9.96. The summed E-state index contributed by atoms with van der Waals surface area (Å²) in [5.74, 6) is 1.24. The molecule has 0 saturated carbocycles. The molecule has 0 spiro atoms. The first kappa shape index (κ1) is 27.0. The van der Waals surface area contributed by atoms with Gasteiger partial charge in [-0.1, -0.05) is 73.5 Å². The van der Waals surface area contributed by atoms with Crippen molar-refractivity contribution in [3.05, 3.63) is 70.8 Å². The van der Waals surface area contributed by atoms with Crippen LogP contribution in [-0.2, 0) is 29.1 Å². The van der Waals surface area contributed by atoms with Crippen LogP contribution in [0.2, 0.25) is 5.15 Å². The molecule has 2 aromatic heterocycles. The Morgan fingerprint density at radius 1 is 1.10 bits per heavy atom. The Morgan fingerprint density at radius 3 is 2.54 bits per heavy atom. The van der Waals surface area contributed by atoms with Gasteiger partial charge in [0.25, 0.3) is 0 Å². The number of nitrogens with zero attached hydrogens (tertiary/aromatic N) is 6. The van der Waals surface area contributed by atoms with Crippen LogP contribution in [0.5, 0.6) is 0 Å². The van der Waals surface area contributed by atoms with Gasteiger partial charge in [-0.3, -0.25) is 9.69 Å². The third-order valence-corrected chi connectivity index (χ3v) is 7.66. The lowest BCUT2D eigenvalue weighted by Crippen LogP contribution is -2.38. The number of tetrazole rings is 1. The summed E-state index contributed by atoms with van der Waals surface area (Å²) in [7, 11) is 0. The molecular formula is C29H34ClN7O2. The van der Waals surface area contributed by atoms with E-state index in [4.69, 9.17) is 16.3 Å². The molecule has 1 aliphatic heterocycles. The van der Waals surface area contributed by atoms with E-state index in [1.54, 1.807) is 0 Å². The van der Waals surface area contributed by atoms with Crippen molar-refractivity contribution in [1.82, 2.24) is 35.1 Å². The number of nitrogens with one attached hydrogen (secondary N) is 1. The number of rotatable bonds is 11. The molecule has 2 aromatic carbocycles. The lowest BCUT2D eigenvalue weighted by atomic mass is 9.98. The van der Waals surface area contributed by atoms with Crippen LogP contribution in [0.25, 0.3) is 22.5 Å². The van der Waals surface area contributed by atoms with Gasteiger partial charge < -0.3 is 9.30 Å². The Bertz CT molecular complexity index is 1380. The Kier molecular flexibility index (Phi) is 8.68. The highest BCUT2D eigenvalue weighted by Crippen LogP contribution is 2.30. The Hall–Kier alpha value is -3.56. The molecule has 0 bridgehead atoms. The molecule has 3 heterocycles. The number of aryl methyl sites for hydroxylation is 1. The van der Waals surface area contributed by atoms with Crippen molar-refractivity contribution in [1.29, 1.82) is 0 Å². The number of hydrogen-bond donors (Lipinski definition) is 1.